The third-order valence-electron chi connectivity index (χ3n) is 3.78. The molecule has 0 bridgehead atoms. The summed E-state index contributed by atoms with van der Waals surface area (Å²) < 4.78 is 5.26. The third kappa shape index (κ3) is 3.68. The minimum atomic E-state index is -0.114. The second-order valence-electron chi connectivity index (χ2n) is 5.30. The maximum atomic E-state index is 12.5. The van der Waals surface area contributed by atoms with Gasteiger partial charge in [0.1, 0.15) is 11.5 Å². The van der Waals surface area contributed by atoms with Crippen LogP contribution in [0.3, 0.4) is 0 Å². The molecule has 23 heavy (non-hydrogen) atoms. The van der Waals surface area contributed by atoms with Crippen LogP contribution in [0.1, 0.15) is 16.2 Å². The first-order valence-electron chi connectivity index (χ1n) is 7.47. The highest BCUT2D eigenvalue weighted by molar-refractivity contribution is 5.93. The molecule has 7 heteroatoms. The third-order valence-corrected chi connectivity index (χ3v) is 3.78. The van der Waals surface area contributed by atoms with Gasteiger partial charge in [-0.3, -0.25) is 14.6 Å². The fraction of sp³-hybridized carbons (Fsp3) is 0.312. The van der Waals surface area contributed by atoms with Crippen molar-refractivity contribution in [2.24, 2.45) is 0 Å². The molecule has 0 atom stereocenters. The van der Waals surface area contributed by atoms with Crippen molar-refractivity contribution in [3.8, 4) is 0 Å². The molecule has 1 aliphatic heterocycles. The van der Waals surface area contributed by atoms with E-state index >= 15 is 0 Å². The van der Waals surface area contributed by atoms with Gasteiger partial charge >= 0.3 is 0 Å². The summed E-state index contributed by atoms with van der Waals surface area (Å²) in [6.45, 7) is 2.73. The van der Waals surface area contributed by atoms with Crippen LogP contribution in [0.2, 0.25) is 0 Å². The zero-order valence-electron chi connectivity index (χ0n) is 12.6. The van der Waals surface area contributed by atoms with Gasteiger partial charge < -0.3 is 19.5 Å². The van der Waals surface area contributed by atoms with Crippen LogP contribution in [0, 0.1) is 0 Å². The summed E-state index contributed by atoms with van der Waals surface area (Å²) in [5.74, 6) is 0.705. The Morgan fingerprint density at radius 1 is 1.30 bits per heavy atom. The number of nitrogens with zero attached hydrogens (tertiary/aromatic N) is 3. The summed E-state index contributed by atoms with van der Waals surface area (Å²) in [6, 6.07) is 7.26. The summed E-state index contributed by atoms with van der Waals surface area (Å²) in [4.78, 5) is 30.8. The number of rotatable bonds is 5. The fourth-order valence-electron chi connectivity index (χ4n) is 2.45. The number of carbonyl (C=O) groups is 2. The van der Waals surface area contributed by atoms with Gasteiger partial charge in [-0.05, 0) is 24.3 Å². The van der Waals surface area contributed by atoms with E-state index in [9.17, 15) is 9.59 Å². The molecule has 0 aliphatic carbocycles. The fourth-order valence-corrected chi connectivity index (χ4v) is 2.45. The predicted octanol–water partition coefficient (Wildman–Crippen LogP) is 1.20. The smallest absolute Gasteiger partial charge is 0.272 e. The second kappa shape index (κ2) is 6.95. The average Bonchev–Trinajstić information content (AvgIpc) is 3.13. The Labute approximate surface area is 133 Å². The van der Waals surface area contributed by atoms with E-state index in [4.69, 9.17) is 4.42 Å². The van der Waals surface area contributed by atoms with Crippen molar-refractivity contribution >= 4 is 18.0 Å². The van der Waals surface area contributed by atoms with E-state index in [1.165, 1.54) is 0 Å². The quantitative estimate of drug-likeness (QED) is 0.839. The van der Waals surface area contributed by atoms with Crippen molar-refractivity contribution in [2.45, 2.75) is 6.54 Å². The molecule has 120 valence electrons. The Hall–Kier alpha value is -2.83. The molecular formula is C16H18N4O3. The van der Waals surface area contributed by atoms with Gasteiger partial charge in [-0.15, -0.1) is 0 Å². The molecule has 2 aromatic heterocycles. The molecule has 2 amide bonds. The van der Waals surface area contributed by atoms with Gasteiger partial charge in [0.05, 0.1) is 12.8 Å². The SMILES string of the molecule is O=CN1CCN(C(=O)c2cc(NCc3ccco3)ccn2)CC1. The van der Waals surface area contributed by atoms with Crippen molar-refractivity contribution in [3.05, 3.63) is 48.2 Å². The first kappa shape index (κ1) is 15.1. The number of carbonyl (C=O) groups excluding carboxylic acids is 2. The van der Waals surface area contributed by atoms with Crippen LogP contribution in [-0.2, 0) is 11.3 Å². The van der Waals surface area contributed by atoms with Crippen LogP contribution in [-0.4, -0.2) is 53.3 Å². The molecular weight excluding hydrogens is 296 g/mol. The van der Waals surface area contributed by atoms with Crippen molar-refractivity contribution < 1.29 is 14.0 Å². The maximum Gasteiger partial charge on any atom is 0.272 e. The molecule has 1 fully saturated rings. The number of nitrogens with one attached hydrogen (secondary N) is 1. The van der Waals surface area contributed by atoms with Crippen LogP contribution in [0.4, 0.5) is 5.69 Å². The molecule has 3 rings (SSSR count). The molecule has 0 unspecified atom stereocenters. The predicted molar refractivity (Wildman–Crippen MR) is 83.8 cm³/mol. The topological polar surface area (TPSA) is 78.7 Å². The van der Waals surface area contributed by atoms with E-state index in [1.807, 2.05) is 18.2 Å². The van der Waals surface area contributed by atoms with Crippen LogP contribution >= 0.6 is 0 Å². The first-order valence-corrected chi connectivity index (χ1v) is 7.47. The Balaban J connectivity index is 1.62. The highest BCUT2D eigenvalue weighted by Gasteiger charge is 2.22. The van der Waals surface area contributed by atoms with Gasteiger partial charge in [0, 0.05) is 38.1 Å². The van der Waals surface area contributed by atoms with E-state index in [0.717, 1.165) is 17.9 Å². The molecule has 2 aromatic rings. The lowest BCUT2D eigenvalue weighted by molar-refractivity contribution is -0.119. The van der Waals surface area contributed by atoms with Gasteiger partial charge in [0.25, 0.3) is 5.91 Å². The van der Waals surface area contributed by atoms with Gasteiger partial charge in [-0.25, -0.2) is 0 Å². The number of anilines is 1. The van der Waals surface area contributed by atoms with Gasteiger partial charge in [0.15, 0.2) is 0 Å². The average molecular weight is 314 g/mol. The molecule has 0 aromatic carbocycles. The van der Waals surface area contributed by atoms with E-state index < -0.39 is 0 Å². The minimum Gasteiger partial charge on any atom is -0.467 e. The number of furan rings is 1. The molecule has 0 saturated carbocycles. The highest BCUT2D eigenvalue weighted by Crippen LogP contribution is 2.13. The van der Waals surface area contributed by atoms with Crippen molar-refractivity contribution in [1.29, 1.82) is 0 Å². The zero-order valence-corrected chi connectivity index (χ0v) is 12.6. The lowest BCUT2D eigenvalue weighted by Crippen LogP contribution is -2.48. The molecule has 7 nitrogen and oxygen atoms in total. The largest absolute Gasteiger partial charge is 0.467 e. The number of aromatic nitrogens is 1. The van der Waals surface area contributed by atoms with E-state index in [2.05, 4.69) is 10.3 Å². The van der Waals surface area contributed by atoms with E-state index in [0.29, 0.717) is 38.4 Å². The number of pyridine rings is 1. The van der Waals surface area contributed by atoms with Crippen molar-refractivity contribution in [1.82, 2.24) is 14.8 Å². The summed E-state index contributed by atoms with van der Waals surface area (Å²) in [5.41, 5.74) is 1.21. The van der Waals surface area contributed by atoms with Crippen molar-refractivity contribution in [2.75, 3.05) is 31.5 Å². The standard InChI is InChI=1S/C16H18N4O3/c21-12-19-5-7-20(8-6-19)16(22)15-10-13(3-4-17-15)18-11-14-2-1-9-23-14/h1-4,9-10,12H,5-8,11H2,(H,17,18). The minimum absolute atomic E-state index is 0.114. The van der Waals surface area contributed by atoms with Crippen LogP contribution in [0.5, 0.6) is 0 Å². The molecule has 1 N–H and O–H groups in total. The summed E-state index contributed by atoms with van der Waals surface area (Å²) in [7, 11) is 0. The molecule has 3 heterocycles. The van der Waals surface area contributed by atoms with Gasteiger partial charge in [-0.1, -0.05) is 0 Å². The van der Waals surface area contributed by atoms with Crippen LogP contribution < -0.4 is 5.32 Å². The lowest BCUT2D eigenvalue weighted by Gasteiger charge is -2.32. The summed E-state index contributed by atoms with van der Waals surface area (Å²) in [5, 5.41) is 3.20. The number of piperazine rings is 1. The Morgan fingerprint density at radius 2 is 2.13 bits per heavy atom. The Morgan fingerprint density at radius 3 is 2.83 bits per heavy atom. The number of hydrogen-bond donors (Lipinski definition) is 1. The van der Waals surface area contributed by atoms with E-state index in [-0.39, 0.29) is 5.91 Å². The molecule has 1 saturated heterocycles. The Bertz CT molecular complexity index is 664. The van der Waals surface area contributed by atoms with Gasteiger partial charge in [-0.2, -0.15) is 0 Å². The number of amides is 2. The second-order valence-corrected chi connectivity index (χ2v) is 5.30. The first-order chi connectivity index (χ1) is 11.3. The number of hydrogen-bond acceptors (Lipinski definition) is 5. The van der Waals surface area contributed by atoms with Crippen molar-refractivity contribution in [3.63, 3.8) is 0 Å². The normalized spacial score (nSPS) is 14.6. The van der Waals surface area contributed by atoms with E-state index in [1.54, 1.807) is 28.3 Å². The monoisotopic (exact) mass is 314 g/mol. The summed E-state index contributed by atoms with van der Waals surface area (Å²) >= 11 is 0. The summed E-state index contributed by atoms with van der Waals surface area (Å²) in [6.07, 6.45) is 4.05. The van der Waals surface area contributed by atoms with Gasteiger partial charge in [0.2, 0.25) is 6.41 Å². The lowest BCUT2D eigenvalue weighted by atomic mass is 10.2. The molecule has 0 radical (unpaired) electrons. The van der Waals surface area contributed by atoms with Crippen LogP contribution in [0.15, 0.2) is 41.1 Å². The zero-order chi connectivity index (χ0) is 16.1. The van der Waals surface area contributed by atoms with Crippen LogP contribution in [0.25, 0.3) is 0 Å². The Kier molecular flexibility index (Phi) is 4.56. The maximum absolute atomic E-state index is 12.5. The highest BCUT2D eigenvalue weighted by atomic mass is 16.3. The molecule has 0 spiro atoms. The molecule has 1 aliphatic rings.